The smallest absolute Gasteiger partial charge is 0.335 e. The first-order chi connectivity index (χ1) is 10.2. The summed E-state index contributed by atoms with van der Waals surface area (Å²) < 4.78 is 0. The summed E-state index contributed by atoms with van der Waals surface area (Å²) in [6.07, 6.45) is 0.810. The van der Waals surface area contributed by atoms with Crippen molar-refractivity contribution >= 4 is 17.3 Å². The predicted octanol–water partition coefficient (Wildman–Crippen LogP) is 4.10. The van der Waals surface area contributed by atoms with Gasteiger partial charge in [0, 0.05) is 17.4 Å². The zero-order valence-corrected chi connectivity index (χ0v) is 12.0. The van der Waals surface area contributed by atoms with Crippen molar-refractivity contribution in [3.05, 3.63) is 76.8 Å². The third-order valence-corrected chi connectivity index (χ3v) is 4.10. The third-order valence-electron chi connectivity index (χ3n) is 3.16. The van der Waals surface area contributed by atoms with E-state index >= 15 is 0 Å². The summed E-state index contributed by atoms with van der Waals surface area (Å²) >= 11 is 1.58. The summed E-state index contributed by atoms with van der Waals surface area (Å²) in [5.74, 6) is -0.912. The minimum absolute atomic E-state index is 0.291. The number of carboxylic acid groups (broad SMARTS) is 1. The molecule has 4 heteroatoms. The first-order valence-electron chi connectivity index (χ1n) is 6.54. The quantitative estimate of drug-likeness (QED) is 0.788. The van der Waals surface area contributed by atoms with Gasteiger partial charge in [0.1, 0.15) is 5.01 Å². The molecule has 0 saturated carbocycles. The molecule has 0 amide bonds. The van der Waals surface area contributed by atoms with Gasteiger partial charge in [-0.05, 0) is 17.7 Å². The van der Waals surface area contributed by atoms with Crippen LogP contribution in [0.25, 0.3) is 10.6 Å². The number of aromatic nitrogens is 1. The lowest BCUT2D eigenvalue weighted by molar-refractivity contribution is 0.0697. The van der Waals surface area contributed by atoms with E-state index in [1.807, 2.05) is 23.6 Å². The number of hydrogen-bond donors (Lipinski definition) is 1. The summed E-state index contributed by atoms with van der Waals surface area (Å²) in [7, 11) is 0. The fraction of sp³-hybridized carbons (Fsp3) is 0.0588. The molecule has 0 spiro atoms. The molecular formula is C17H13NO2S. The zero-order chi connectivity index (χ0) is 14.7. The second-order valence-corrected chi connectivity index (χ2v) is 5.55. The first-order valence-corrected chi connectivity index (χ1v) is 7.42. The highest BCUT2D eigenvalue weighted by Gasteiger charge is 2.07. The van der Waals surface area contributed by atoms with Crippen molar-refractivity contribution in [2.75, 3.05) is 0 Å². The van der Waals surface area contributed by atoms with Crippen molar-refractivity contribution in [1.29, 1.82) is 0 Å². The number of nitrogens with zero attached hydrogens (tertiary/aromatic N) is 1. The fourth-order valence-corrected chi connectivity index (χ4v) is 2.91. The van der Waals surface area contributed by atoms with Crippen LogP contribution in [0.4, 0.5) is 0 Å². The Kier molecular flexibility index (Phi) is 3.79. The fourth-order valence-electron chi connectivity index (χ4n) is 2.08. The van der Waals surface area contributed by atoms with E-state index in [-0.39, 0.29) is 0 Å². The lowest BCUT2D eigenvalue weighted by Gasteiger charge is -1.98. The van der Waals surface area contributed by atoms with Crippen LogP contribution in [0.5, 0.6) is 0 Å². The van der Waals surface area contributed by atoms with Crippen molar-refractivity contribution < 1.29 is 9.90 Å². The average Bonchev–Trinajstić information content (AvgIpc) is 2.97. The van der Waals surface area contributed by atoms with Crippen LogP contribution in [0.3, 0.4) is 0 Å². The lowest BCUT2D eigenvalue weighted by atomic mass is 10.1. The number of aromatic carboxylic acids is 1. The van der Waals surface area contributed by atoms with E-state index in [9.17, 15) is 4.79 Å². The molecule has 0 radical (unpaired) electrons. The number of carbonyl (C=O) groups is 1. The molecule has 3 nitrogen and oxygen atoms in total. The summed E-state index contributed by atoms with van der Waals surface area (Å²) in [5.41, 5.74) is 3.50. The van der Waals surface area contributed by atoms with Crippen LogP contribution < -0.4 is 0 Å². The van der Waals surface area contributed by atoms with Gasteiger partial charge in [-0.3, -0.25) is 0 Å². The van der Waals surface area contributed by atoms with Crippen LogP contribution in [-0.4, -0.2) is 16.1 Å². The van der Waals surface area contributed by atoms with Crippen molar-refractivity contribution in [2.45, 2.75) is 6.42 Å². The van der Waals surface area contributed by atoms with E-state index in [0.717, 1.165) is 22.7 Å². The molecule has 21 heavy (non-hydrogen) atoms. The Morgan fingerprint density at radius 2 is 1.76 bits per heavy atom. The molecule has 104 valence electrons. The van der Waals surface area contributed by atoms with Crippen LogP contribution in [-0.2, 0) is 6.42 Å². The highest BCUT2D eigenvalue weighted by atomic mass is 32.1. The van der Waals surface area contributed by atoms with Crippen LogP contribution in [0.1, 0.15) is 21.6 Å². The average molecular weight is 295 g/mol. The van der Waals surface area contributed by atoms with Gasteiger partial charge >= 0.3 is 5.97 Å². The van der Waals surface area contributed by atoms with Crippen molar-refractivity contribution in [3.8, 4) is 10.6 Å². The van der Waals surface area contributed by atoms with Gasteiger partial charge < -0.3 is 5.11 Å². The SMILES string of the molecule is O=C(O)c1ccc(-c2nc(Cc3ccccc3)cs2)cc1. The molecule has 0 bridgehead atoms. The van der Waals surface area contributed by atoms with Crippen LogP contribution >= 0.6 is 11.3 Å². The Morgan fingerprint density at radius 1 is 1.05 bits per heavy atom. The Bertz CT molecular complexity index is 748. The van der Waals surface area contributed by atoms with Gasteiger partial charge in [-0.2, -0.15) is 0 Å². The first kappa shape index (κ1) is 13.5. The molecule has 0 unspecified atom stereocenters. The van der Waals surface area contributed by atoms with Gasteiger partial charge in [0.05, 0.1) is 11.3 Å². The van der Waals surface area contributed by atoms with Crippen LogP contribution in [0, 0.1) is 0 Å². The molecule has 3 aromatic rings. The largest absolute Gasteiger partial charge is 0.478 e. The Balaban J connectivity index is 1.80. The van der Waals surface area contributed by atoms with Crippen LogP contribution in [0.2, 0.25) is 0 Å². The topological polar surface area (TPSA) is 50.2 Å². The second-order valence-electron chi connectivity index (χ2n) is 4.69. The number of rotatable bonds is 4. The van der Waals surface area contributed by atoms with Crippen molar-refractivity contribution in [2.24, 2.45) is 0 Å². The molecule has 0 fully saturated rings. The number of carboxylic acids is 1. The van der Waals surface area contributed by atoms with Gasteiger partial charge in [-0.15, -0.1) is 11.3 Å². The van der Waals surface area contributed by atoms with Gasteiger partial charge in [0.2, 0.25) is 0 Å². The van der Waals surface area contributed by atoms with Crippen molar-refractivity contribution in [3.63, 3.8) is 0 Å². The van der Waals surface area contributed by atoms with E-state index < -0.39 is 5.97 Å². The maximum absolute atomic E-state index is 10.8. The number of benzene rings is 2. The van der Waals surface area contributed by atoms with E-state index in [0.29, 0.717) is 5.56 Å². The third kappa shape index (κ3) is 3.17. The highest BCUT2D eigenvalue weighted by Crippen LogP contribution is 2.25. The molecule has 2 aromatic carbocycles. The number of hydrogen-bond acceptors (Lipinski definition) is 3. The maximum atomic E-state index is 10.8. The number of thiazole rings is 1. The van der Waals surface area contributed by atoms with E-state index in [1.54, 1.807) is 35.6 Å². The molecule has 0 saturated heterocycles. The molecule has 3 rings (SSSR count). The van der Waals surface area contributed by atoms with Crippen molar-refractivity contribution in [1.82, 2.24) is 4.98 Å². The van der Waals surface area contributed by atoms with Crippen LogP contribution in [0.15, 0.2) is 60.0 Å². The Labute approximate surface area is 126 Å². The van der Waals surface area contributed by atoms with E-state index in [2.05, 4.69) is 17.1 Å². The molecule has 0 aliphatic rings. The molecule has 1 heterocycles. The molecule has 0 aliphatic heterocycles. The summed E-state index contributed by atoms with van der Waals surface area (Å²) in [6.45, 7) is 0. The Morgan fingerprint density at radius 3 is 2.43 bits per heavy atom. The zero-order valence-electron chi connectivity index (χ0n) is 11.2. The monoisotopic (exact) mass is 295 g/mol. The standard InChI is InChI=1S/C17H13NO2S/c19-17(20)14-8-6-13(7-9-14)16-18-15(11-21-16)10-12-4-2-1-3-5-12/h1-9,11H,10H2,(H,19,20). The van der Waals surface area contributed by atoms with Gasteiger partial charge in [0.25, 0.3) is 0 Å². The Hall–Kier alpha value is -2.46. The summed E-state index contributed by atoms with van der Waals surface area (Å²) in [6, 6.07) is 17.0. The van der Waals surface area contributed by atoms with E-state index in [4.69, 9.17) is 5.11 Å². The summed E-state index contributed by atoms with van der Waals surface area (Å²) in [5, 5.41) is 11.9. The molecule has 1 aromatic heterocycles. The molecule has 0 atom stereocenters. The normalized spacial score (nSPS) is 10.5. The van der Waals surface area contributed by atoms with E-state index in [1.165, 1.54) is 5.56 Å². The lowest BCUT2D eigenvalue weighted by Crippen LogP contribution is -1.95. The van der Waals surface area contributed by atoms with Gasteiger partial charge in [-0.25, -0.2) is 9.78 Å². The minimum atomic E-state index is -0.912. The maximum Gasteiger partial charge on any atom is 0.335 e. The second kappa shape index (κ2) is 5.89. The molecule has 0 aliphatic carbocycles. The highest BCUT2D eigenvalue weighted by molar-refractivity contribution is 7.13. The molecular weight excluding hydrogens is 282 g/mol. The predicted molar refractivity (Wildman–Crippen MR) is 83.8 cm³/mol. The molecule has 1 N–H and O–H groups in total. The summed E-state index contributed by atoms with van der Waals surface area (Å²) in [4.78, 5) is 15.5. The minimum Gasteiger partial charge on any atom is -0.478 e. The van der Waals surface area contributed by atoms with Gasteiger partial charge in [0.15, 0.2) is 0 Å². The van der Waals surface area contributed by atoms with Gasteiger partial charge in [-0.1, -0.05) is 42.5 Å².